The Morgan fingerprint density at radius 2 is 1.92 bits per heavy atom. The molecule has 0 atom stereocenters. The van der Waals surface area contributed by atoms with Gasteiger partial charge in [-0.3, -0.25) is 0 Å². The monoisotopic (exact) mass is 343 g/mol. The Hall–Kier alpha value is -2.18. The number of hydrogen-bond acceptors (Lipinski definition) is 3. The molecule has 0 saturated carbocycles. The second kappa shape index (κ2) is 6.37. The summed E-state index contributed by atoms with van der Waals surface area (Å²) in [5, 5.41) is 0. The van der Waals surface area contributed by atoms with Crippen LogP contribution in [0.15, 0.2) is 47.4 Å². The summed E-state index contributed by atoms with van der Waals surface area (Å²) in [6.45, 7) is 4.20. The number of benzene rings is 2. The van der Waals surface area contributed by atoms with E-state index in [2.05, 4.69) is 9.71 Å². The molecule has 3 aromatic rings. The SMILES string of the molecule is Cc1cccc(S(=O)(=O)NCCc2ccc3c(c2)nc(C)n3C)c1. The fourth-order valence-electron chi connectivity index (χ4n) is 2.72. The molecule has 0 unspecified atom stereocenters. The Kier molecular flexibility index (Phi) is 4.43. The minimum atomic E-state index is -3.47. The summed E-state index contributed by atoms with van der Waals surface area (Å²) < 4.78 is 29.3. The summed E-state index contributed by atoms with van der Waals surface area (Å²) in [5.41, 5.74) is 4.01. The maximum atomic E-state index is 12.3. The van der Waals surface area contributed by atoms with Gasteiger partial charge in [0.1, 0.15) is 5.82 Å². The number of imidazole rings is 1. The van der Waals surface area contributed by atoms with Gasteiger partial charge in [0, 0.05) is 13.6 Å². The Morgan fingerprint density at radius 3 is 2.67 bits per heavy atom. The molecule has 0 aliphatic carbocycles. The van der Waals surface area contributed by atoms with Crippen LogP contribution in [0.2, 0.25) is 0 Å². The zero-order valence-corrected chi connectivity index (χ0v) is 14.9. The van der Waals surface area contributed by atoms with Gasteiger partial charge >= 0.3 is 0 Å². The summed E-state index contributed by atoms with van der Waals surface area (Å²) in [5.74, 6) is 0.960. The third kappa shape index (κ3) is 3.34. The van der Waals surface area contributed by atoms with Crippen molar-refractivity contribution in [2.24, 2.45) is 7.05 Å². The number of fused-ring (bicyclic) bond motifs is 1. The molecule has 0 radical (unpaired) electrons. The van der Waals surface area contributed by atoms with Crippen LogP contribution in [0.3, 0.4) is 0 Å². The van der Waals surface area contributed by atoms with E-state index in [1.165, 1.54) is 0 Å². The van der Waals surface area contributed by atoms with Gasteiger partial charge < -0.3 is 4.57 Å². The molecule has 0 amide bonds. The van der Waals surface area contributed by atoms with Crippen molar-refractivity contribution in [3.8, 4) is 0 Å². The van der Waals surface area contributed by atoms with E-state index in [1.54, 1.807) is 18.2 Å². The van der Waals surface area contributed by atoms with Crippen molar-refractivity contribution < 1.29 is 8.42 Å². The molecule has 24 heavy (non-hydrogen) atoms. The van der Waals surface area contributed by atoms with Crippen LogP contribution in [-0.2, 0) is 23.5 Å². The van der Waals surface area contributed by atoms with Gasteiger partial charge in [-0.2, -0.15) is 0 Å². The summed E-state index contributed by atoms with van der Waals surface area (Å²) in [7, 11) is -1.48. The first-order valence-electron chi connectivity index (χ1n) is 7.85. The predicted octanol–water partition coefficient (Wildman–Crippen LogP) is 2.71. The number of rotatable bonds is 5. The van der Waals surface area contributed by atoms with Crippen molar-refractivity contribution in [1.82, 2.24) is 14.3 Å². The van der Waals surface area contributed by atoms with Crippen molar-refractivity contribution in [2.45, 2.75) is 25.2 Å². The lowest BCUT2D eigenvalue weighted by molar-refractivity contribution is 0.581. The van der Waals surface area contributed by atoms with Gasteiger partial charge in [-0.15, -0.1) is 0 Å². The minimum Gasteiger partial charge on any atom is -0.331 e. The first-order valence-corrected chi connectivity index (χ1v) is 9.33. The summed E-state index contributed by atoms with van der Waals surface area (Å²) in [4.78, 5) is 4.82. The van der Waals surface area contributed by atoms with Gasteiger partial charge in [0.15, 0.2) is 0 Å². The molecule has 0 aliphatic heterocycles. The smallest absolute Gasteiger partial charge is 0.240 e. The van der Waals surface area contributed by atoms with Gasteiger partial charge in [0.2, 0.25) is 10.0 Å². The van der Waals surface area contributed by atoms with Crippen molar-refractivity contribution in [3.63, 3.8) is 0 Å². The summed E-state index contributed by atoms with van der Waals surface area (Å²) in [6, 6.07) is 13.0. The normalized spacial score (nSPS) is 12.0. The van der Waals surface area contributed by atoms with Gasteiger partial charge in [-0.05, 0) is 55.7 Å². The lowest BCUT2D eigenvalue weighted by Crippen LogP contribution is -2.26. The molecule has 3 rings (SSSR count). The van der Waals surface area contributed by atoms with Crippen molar-refractivity contribution in [3.05, 3.63) is 59.4 Å². The molecule has 6 heteroatoms. The van der Waals surface area contributed by atoms with Crippen LogP contribution in [0.1, 0.15) is 17.0 Å². The molecule has 2 aromatic carbocycles. The second-order valence-corrected chi connectivity index (χ2v) is 7.77. The van der Waals surface area contributed by atoms with Crippen LogP contribution in [0.25, 0.3) is 11.0 Å². The average Bonchev–Trinajstić information content (AvgIpc) is 2.81. The molecular weight excluding hydrogens is 322 g/mol. The molecule has 1 N–H and O–H groups in total. The largest absolute Gasteiger partial charge is 0.331 e. The highest BCUT2D eigenvalue weighted by atomic mass is 32.2. The van der Waals surface area contributed by atoms with Crippen LogP contribution in [0.5, 0.6) is 0 Å². The molecule has 1 aromatic heterocycles. The molecule has 1 heterocycles. The number of nitrogens with zero attached hydrogens (tertiary/aromatic N) is 2. The van der Waals surface area contributed by atoms with Gasteiger partial charge in [-0.1, -0.05) is 18.2 Å². The van der Waals surface area contributed by atoms with Crippen molar-refractivity contribution >= 4 is 21.1 Å². The zero-order valence-electron chi connectivity index (χ0n) is 14.1. The molecule has 0 aliphatic rings. The lowest BCUT2D eigenvalue weighted by Gasteiger charge is -2.07. The topological polar surface area (TPSA) is 64.0 Å². The quantitative estimate of drug-likeness (QED) is 0.775. The third-order valence-corrected chi connectivity index (χ3v) is 5.63. The average molecular weight is 343 g/mol. The third-order valence-electron chi connectivity index (χ3n) is 4.17. The number of sulfonamides is 1. The van der Waals surface area contributed by atoms with E-state index in [1.807, 2.05) is 49.7 Å². The number of nitrogens with one attached hydrogen (secondary N) is 1. The van der Waals surface area contributed by atoms with Gasteiger partial charge in [0.25, 0.3) is 0 Å². The van der Waals surface area contributed by atoms with Gasteiger partial charge in [0.05, 0.1) is 15.9 Å². The maximum Gasteiger partial charge on any atom is 0.240 e. The zero-order chi connectivity index (χ0) is 17.3. The van der Waals surface area contributed by atoms with Gasteiger partial charge in [-0.25, -0.2) is 18.1 Å². The van der Waals surface area contributed by atoms with Crippen molar-refractivity contribution in [1.29, 1.82) is 0 Å². The Labute approximate surface area is 142 Å². The number of aryl methyl sites for hydroxylation is 3. The predicted molar refractivity (Wildman–Crippen MR) is 95.5 cm³/mol. The van der Waals surface area contributed by atoms with E-state index >= 15 is 0 Å². The van der Waals surface area contributed by atoms with Crippen LogP contribution >= 0.6 is 0 Å². The van der Waals surface area contributed by atoms with E-state index in [9.17, 15) is 8.42 Å². The van der Waals surface area contributed by atoms with Crippen LogP contribution in [0, 0.1) is 13.8 Å². The fraction of sp³-hybridized carbons (Fsp3) is 0.278. The van der Waals surface area contributed by atoms with Crippen LogP contribution < -0.4 is 4.72 Å². The highest BCUT2D eigenvalue weighted by Gasteiger charge is 2.13. The standard InChI is InChI=1S/C18H21N3O2S/c1-13-5-4-6-16(11-13)24(22,23)19-10-9-15-7-8-18-17(12-15)20-14(2)21(18)3/h4-8,11-12,19H,9-10H2,1-3H3. The second-order valence-electron chi connectivity index (χ2n) is 6.01. The Morgan fingerprint density at radius 1 is 1.12 bits per heavy atom. The van der Waals surface area contributed by atoms with E-state index in [0.717, 1.165) is 28.0 Å². The molecule has 0 fully saturated rings. The van der Waals surface area contributed by atoms with Crippen LogP contribution in [0.4, 0.5) is 0 Å². The Balaban J connectivity index is 1.70. The first kappa shape index (κ1) is 16.7. The molecule has 126 valence electrons. The first-order chi connectivity index (χ1) is 11.4. The Bertz CT molecular complexity index is 991. The van der Waals surface area contributed by atoms with Crippen LogP contribution in [-0.4, -0.2) is 24.5 Å². The molecule has 0 bridgehead atoms. The van der Waals surface area contributed by atoms with E-state index in [0.29, 0.717) is 17.9 Å². The van der Waals surface area contributed by atoms with Crippen molar-refractivity contribution in [2.75, 3.05) is 6.54 Å². The number of hydrogen-bond donors (Lipinski definition) is 1. The highest BCUT2D eigenvalue weighted by Crippen LogP contribution is 2.17. The molecule has 0 saturated heterocycles. The summed E-state index contributed by atoms with van der Waals surface area (Å²) in [6.07, 6.45) is 0.622. The fourth-order valence-corrected chi connectivity index (χ4v) is 3.85. The number of aromatic nitrogens is 2. The molecule has 0 spiro atoms. The summed E-state index contributed by atoms with van der Waals surface area (Å²) >= 11 is 0. The van der Waals surface area contributed by atoms with E-state index < -0.39 is 10.0 Å². The molecule has 5 nitrogen and oxygen atoms in total. The lowest BCUT2D eigenvalue weighted by atomic mass is 10.1. The highest BCUT2D eigenvalue weighted by molar-refractivity contribution is 7.89. The minimum absolute atomic E-state index is 0.304. The van der Waals surface area contributed by atoms with E-state index in [4.69, 9.17) is 0 Å². The maximum absolute atomic E-state index is 12.3. The molecular formula is C18H21N3O2S. The van der Waals surface area contributed by atoms with E-state index in [-0.39, 0.29) is 0 Å².